The van der Waals surface area contributed by atoms with Crippen molar-refractivity contribution in [2.45, 2.75) is 32.6 Å². The van der Waals surface area contributed by atoms with E-state index >= 15 is 0 Å². The third-order valence-corrected chi connectivity index (χ3v) is 5.77. The van der Waals surface area contributed by atoms with E-state index in [1.165, 1.54) is 13.2 Å². The molecule has 0 atom stereocenters. The third-order valence-electron chi connectivity index (χ3n) is 5.77. The number of nitro groups is 1. The van der Waals surface area contributed by atoms with Crippen molar-refractivity contribution in [3.63, 3.8) is 0 Å². The summed E-state index contributed by atoms with van der Waals surface area (Å²) in [6.45, 7) is 3.65. The molecule has 2 aromatic rings. The van der Waals surface area contributed by atoms with E-state index in [-0.39, 0.29) is 17.5 Å². The van der Waals surface area contributed by atoms with Crippen molar-refractivity contribution >= 4 is 23.2 Å². The van der Waals surface area contributed by atoms with Gasteiger partial charge in [0, 0.05) is 30.6 Å². The maximum Gasteiger partial charge on any atom is 0.292 e. The Balaban J connectivity index is 1.51. The number of unbranched alkanes of at least 4 members (excludes halogenated alkanes) is 1. The SMILES string of the molecule is CCCCOc1ccc(C(=O)NNC(=O)C2CCN(c3ccccc3[N+](=O)[O-])CC2)cc1OC. The second-order valence-corrected chi connectivity index (χ2v) is 8.02. The van der Waals surface area contributed by atoms with Gasteiger partial charge in [-0.2, -0.15) is 0 Å². The molecule has 0 saturated carbocycles. The molecule has 10 nitrogen and oxygen atoms in total. The number of benzene rings is 2. The lowest BCUT2D eigenvalue weighted by molar-refractivity contribution is -0.384. The van der Waals surface area contributed by atoms with E-state index < -0.39 is 10.8 Å². The lowest BCUT2D eigenvalue weighted by atomic mass is 9.95. The summed E-state index contributed by atoms with van der Waals surface area (Å²) in [6.07, 6.45) is 2.96. The molecule has 3 rings (SSSR count). The molecule has 10 heteroatoms. The molecule has 2 amide bonds. The predicted molar refractivity (Wildman–Crippen MR) is 127 cm³/mol. The number of carbonyl (C=O) groups excluding carboxylic acids is 2. The van der Waals surface area contributed by atoms with Crippen LogP contribution in [-0.4, -0.2) is 43.5 Å². The van der Waals surface area contributed by atoms with Crippen LogP contribution in [0.15, 0.2) is 42.5 Å². The standard InChI is InChI=1S/C24H30N4O6/c1-3-4-15-34-21-10-9-18(16-22(21)33-2)24(30)26-25-23(29)17-11-13-27(14-12-17)19-7-5-6-8-20(19)28(31)32/h5-10,16-17H,3-4,11-15H2,1-2H3,(H,25,29)(H,26,30). The normalized spacial score (nSPS) is 13.8. The highest BCUT2D eigenvalue weighted by atomic mass is 16.6. The first-order valence-electron chi connectivity index (χ1n) is 11.3. The second-order valence-electron chi connectivity index (χ2n) is 8.02. The molecule has 34 heavy (non-hydrogen) atoms. The Morgan fingerprint density at radius 3 is 2.53 bits per heavy atom. The molecule has 1 saturated heterocycles. The highest BCUT2D eigenvalue weighted by Gasteiger charge is 2.28. The number of nitrogens with zero attached hydrogens (tertiary/aromatic N) is 2. The van der Waals surface area contributed by atoms with Crippen LogP contribution in [0.1, 0.15) is 43.0 Å². The summed E-state index contributed by atoms with van der Waals surface area (Å²) in [5.74, 6) is -0.0613. The van der Waals surface area contributed by atoms with E-state index in [0.29, 0.717) is 55.3 Å². The van der Waals surface area contributed by atoms with Gasteiger partial charge in [-0.3, -0.25) is 30.6 Å². The molecular formula is C24H30N4O6. The van der Waals surface area contributed by atoms with E-state index in [1.54, 1.807) is 36.4 Å². The van der Waals surface area contributed by atoms with Gasteiger partial charge in [0.1, 0.15) is 5.69 Å². The number of nitro benzene ring substituents is 1. The maximum absolute atomic E-state index is 12.6. The zero-order valence-electron chi connectivity index (χ0n) is 19.4. The van der Waals surface area contributed by atoms with Gasteiger partial charge in [0.15, 0.2) is 11.5 Å². The van der Waals surface area contributed by atoms with Gasteiger partial charge in [-0.1, -0.05) is 25.5 Å². The summed E-state index contributed by atoms with van der Waals surface area (Å²) >= 11 is 0. The van der Waals surface area contributed by atoms with Gasteiger partial charge in [-0.05, 0) is 43.5 Å². The Labute approximate surface area is 198 Å². The molecule has 0 aromatic heterocycles. The van der Waals surface area contributed by atoms with Gasteiger partial charge in [-0.25, -0.2) is 0 Å². The van der Waals surface area contributed by atoms with E-state index in [4.69, 9.17) is 9.47 Å². The van der Waals surface area contributed by atoms with Gasteiger partial charge >= 0.3 is 0 Å². The number of hydrogen-bond donors (Lipinski definition) is 2. The number of rotatable bonds is 9. The summed E-state index contributed by atoms with van der Waals surface area (Å²) in [5.41, 5.74) is 5.87. The van der Waals surface area contributed by atoms with E-state index in [0.717, 1.165) is 12.8 Å². The third kappa shape index (κ3) is 6.15. The lowest BCUT2D eigenvalue weighted by Crippen LogP contribution is -2.47. The number of piperidine rings is 1. The lowest BCUT2D eigenvalue weighted by Gasteiger charge is -2.32. The Bertz CT molecular complexity index is 1020. The van der Waals surface area contributed by atoms with Crippen LogP contribution in [0, 0.1) is 16.0 Å². The van der Waals surface area contributed by atoms with Crippen LogP contribution in [0.5, 0.6) is 11.5 Å². The largest absolute Gasteiger partial charge is 0.493 e. The summed E-state index contributed by atoms with van der Waals surface area (Å²) in [5, 5.41) is 11.3. The van der Waals surface area contributed by atoms with E-state index in [1.807, 2.05) is 4.90 Å². The van der Waals surface area contributed by atoms with Gasteiger partial charge in [0.2, 0.25) is 5.91 Å². The molecule has 2 N–H and O–H groups in total. The number of carbonyl (C=O) groups is 2. The topological polar surface area (TPSA) is 123 Å². The Kier molecular flexibility index (Phi) is 8.66. The number of methoxy groups -OCH3 is 1. The molecule has 1 aliphatic heterocycles. The predicted octanol–water partition coefficient (Wildman–Crippen LogP) is 3.46. The van der Waals surface area contributed by atoms with Gasteiger partial charge in [-0.15, -0.1) is 0 Å². The quantitative estimate of drug-likeness (QED) is 0.327. The van der Waals surface area contributed by atoms with E-state index in [2.05, 4.69) is 17.8 Å². The van der Waals surface area contributed by atoms with Gasteiger partial charge < -0.3 is 14.4 Å². The molecule has 0 aliphatic carbocycles. The minimum Gasteiger partial charge on any atom is -0.493 e. The summed E-state index contributed by atoms with van der Waals surface area (Å²) < 4.78 is 11.0. The van der Waals surface area contributed by atoms with Crippen molar-refractivity contribution in [3.05, 3.63) is 58.1 Å². The van der Waals surface area contributed by atoms with Crippen LogP contribution in [-0.2, 0) is 4.79 Å². The summed E-state index contributed by atoms with van der Waals surface area (Å²) in [7, 11) is 1.50. The van der Waals surface area contributed by atoms with Crippen molar-refractivity contribution in [2.75, 3.05) is 31.7 Å². The molecule has 0 radical (unpaired) electrons. The van der Waals surface area contributed by atoms with Crippen molar-refractivity contribution in [2.24, 2.45) is 5.92 Å². The first kappa shape index (κ1) is 24.8. The molecule has 1 aliphatic rings. The Morgan fingerprint density at radius 2 is 1.85 bits per heavy atom. The van der Waals surface area contributed by atoms with Crippen molar-refractivity contribution in [3.8, 4) is 11.5 Å². The first-order chi connectivity index (χ1) is 16.4. The number of ether oxygens (including phenoxy) is 2. The fraction of sp³-hybridized carbons (Fsp3) is 0.417. The molecule has 2 aromatic carbocycles. The highest BCUT2D eigenvalue weighted by Crippen LogP contribution is 2.31. The summed E-state index contributed by atoms with van der Waals surface area (Å²) in [4.78, 5) is 37.9. The van der Waals surface area contributed by atoms with Crippen LogP contribution in [0.2, 0.25) is 0 Å². The number of anilines is 1. The highest BCUT2D eigenvalue weighted by molar-refractivity contribution is 5.96. The minimum absolute atomic E-state index is 0.0508. The Morgan fingerprint density at radius 1 is 1.12 bits per heavy atom. The fourth-order valence-electron chi connectivity index (χ4n) is 3.82. The molecular weight excluding hydrogens is 440 g/mol. The smallest absolute Gasteiger partial charge is 0.292 e. The monoisotopic (exact) mass is 470 g/mol. The van der Waals surface area contributed by atoms with Gasteiger partial charge in [0.05, 0.1) is 18.6 Å². The minimum atomic E-state index is -0.468. The second kappa shape index (κ2) is 11.9. The first-order valence-corrected chi connectivity index (χ1v) is 11.3. The van der Waals surface area contributed by atoms with Crippen molar-refractivity contribution in [1.29, 1.82) is 0 Å². The van der Waals surface area contributed by atoms with Crippen LogP contribution in [0.25, 0.3) is 0 Å². The van der Waals surface area contributed by atoms with Crippen LogP contribution < -0.4 is 25.2 Å². The number of para-hydroxylation sites is 2. The zero-order valence-corrected chi connectivity index (χ0v) is 19.4. The summed E-state index contributed by atoms with van der Waals surface area (Å²) in [6, 6.07) is 11.4. The average Bonchev–Trinajstić information content (AvgIpc) is 2.87. The molecule has 1 heterocycles. The van der Waals surface area contributed by atoms with Crippen LogP contribution in [0.4, 0.5) is 11.4 Å². The number of hydrogen-bond acceptors (Lipinski definition) is 7. The molecule has 182 valence electrons. The molecule has 0 spiro atoms. The molecule has 0 bridgehead atoms. The number of nitrogens with one attached hydrogen (secondary N) is 2. The molecule has 0 unspecified atom stereocenters. The fourth-order valence-corrected chi connectivity index (χ4v) is 3.82. The van der Waals surface area contributed by atoms with E-state index in [9.17, 15) is 19.7 Å². The van der Waals surface area contributed by atoms with Crippen molar-refractivity contribution < 1.29 is 24.0 Å². The van der Waals surface area contributed by atoms with Crippen LogP contribution in [0.3, 0.4) is 0 Å². The number of amides is 2. The van der Waals surface area contributed by atoms with Gasteiger partial charge in [0.25, 0.3) is 11.6 Å². The van der Waals surface area contributed by atoms with Crippen molar-refractivity contribution in [1.82, 2.24) is 10.9 Å². The average molecular weight is 471 g/mol. The van der Waals surface area contributed by atoms with Crippen LogP contribution >= 0.6 is 0 Å². The Hall–Kier alpha value is -3.82. The maximum atomic E-state index is 12.6. The molecule has 1 fully saturated rings. The number of hydrazine groups is 1. The zero-order chi connectivity index (χ0) is 24.5.